The topological polar surface area (TPSA) is 216 Å². The Morgan fingerprint density at radius 3 is 2.17 bits per heavy atom. The van der Waals surface area contributed by atoms with Gasteiger partial charge < -0.3 is 45.9 Å². The van der Waals surface area contributed by atoms with Gasteiger partial charge in [0.2, 0.25) is 5.91 Å². The van der Waals surface area contributed by atoms with Crippen LogP contribution in [-0.2, 0) is 23.9 Å². The number of hydrogen-bond donors (Lipinski definition) is 7. The zero-order chi connectivity index (χ0) is 43.9. The third-order valence-electron chi connectivity index (χ3n) is 10.4. The number of allylic oxidation sites excluding steroid dienone is 13. The molecule has 1 aliphatic carbocycles. The largest absolute Gasteiger partial charge is 0.394 e. The summed E-state index contributed by atoms with van der Waals surface area (Å²) >= 11 is 0. The van der Waals surface area contributed by atoms with E-state index in [1.165, 1.54) is 0 Å². The van der Waals surface area contributed by atoms with Crippen molar-refractivity contribution in [1.29, 1.82) is 5.41 Å². The third kappa shape index (κ3) is 18.7. The molecular weight excluding hydrogens is 753 g/mol. The van der Waals surface area contributed by atoms with Crippen LogP contribution >= 0.6 is 0 Å². The van der Waals surface area contributed by atoms with Crippen LogP contribution in [0.25, 0.3) is 0 Å². The molecule has 0 aromatic rings. The van der Waals surface area contributed by atoms with Crippen LogP contribution in [0, 0.1) is 23.2 Å². The minimum atomic E-state index is -1.55. The van der Waals surface area contributed by atoms with E-state index in [1.807, 2.05) is 51.3 Å². The van der Waals surface area contributed by atoms with Crippen molar-refractivity contribution in [3.63, 3.8) is 0 Å². The number of hydrogen-bond acceptors (Lipinski definition) is 10. The van der Waals surface area contributed by atoms with Crippen LogP contribution in [0.1, 0.15) is 86.0 Å². The highest BCUT2D eigenvalue weighted by molar-refractivity contribution is 6.15. The number of carbonyl (C=O) groups excluding carboxylic acids is 3. The Kier molecular flexibility index (Phi) is 23.7. The molecule has 2 fully saturated rings. The Morgan fingerprint density at radius 1 is 0.898 bits per heavy atom. The molecule has 1 amide bonds. The van der Waals surface area contributed by atoms with Crippen LogP contribution in [-0.4, -0.2) is 112 Å². The normalized spacial score (nSPS) is 24.7. The van der Waals surface area contributed by atoms with Gasteiger partial charge in [-0.3, -0.25) is 19.8 Å². The summed E-state index contributed by atoms with van der Waals surface area (Å²) in [7, 11) is 1.82. The fourth-order valence-corrected chi connectivity index (χ4v) is 6.61. The predicted octanol–water partition coefficient (Wildman–Crippen LogP) is 4.89. The van der Waals surface area contributed by atoms with E-state index < -0.39 is 55.4 Å². The molecule has 0 bridgehead atoms. The molecule has 9 atom stereocenters. The van der Waals surface area contributed by atoms with Crippen LogP contribution < -0.4 is 11.1 Å². The van der Waals surface area contributed by atoms with Crippen LogP contribution in [0.4, 0.5) is 0 Å². The molecular formula is C46H70N4O9. The van der Waals surface area contributed by atoms with Crippen LogP contribution in [0.3, 0.4) is 0 Å². The van der Waals surface area contributed by atoms with E-state index in [2.05, 4.69) is 49.5 Å². The Balaban J connectivity index is 1.98. The number of unbranched alkanes of at least 4 members (excludes halogenated alkanes) is 2. The van der Waals surface area contributed by atoms with Crippen molar-refractivity contribution < 1.29 is 44.3 Å². The second kappa shape index (κ2) is 27.5. The van der Waals surface area contributed by atoms with Gasteiger partial charge in [-0.2, -0.15) is 0 Å². The molecule has 8 N–H and O–H groups in total. The number of nitrogens with one attached hydrogen (secondary N) is 2. The maximum absolute atomic E-state index is 12.3. The van der Waals surface area contributed by atoms with Crippen molar-refractivity contribution in [3.8, 4) is 0 Å². The second-order valence-corrected chi connectivity index (χ2v) is 15.7. The lowest BCUT2D eigenvalue weighted by molar-refractivity contribution is -0.310. The number of ketones is 2. The van der Waals surface area contributed by atoms with Crippen molar-refractivity contribution in [3.05, 3.63) is 96.2 Å². The first-order chi connectivity index (χ1) is 28.1. The van der Waals surface area contributed by atoms with Crippen LogP contribution in [0.2, 0.25) is 0 Å². The lowest BCUT2D eigenvalue weighted by atomic mass is 9.92. The van der Waals surface area contributed by atoms with Crippen LogP contribution in [0.5, 0.6) is 0 Å². The van der Waals surface area contributed by atoms with Crippen molar-refractivity contribution in [1.82, 2.24) is 10.2 Å². The molecule has 0 radical (unpaired) electrons. The fourth-order valence-electron chi connectivity index (χ4n) is 6.61. The van der Waals surface area contributed by atoms with Gasteiger partial charge in [0.05, 0.1) is 12.7 Å². The Labute approximate surface area is 351 Å². The first-order valence-corrected chi connectivity index (χ1v) is 20.8. The number of rotatable bonds is 24. The van der Waals surface area contributed by atoms with E-state index >= 15 is 0 Å². The number of aliphatic hydroxyl groups is 4. The predicted molar refractivity (Wildman–Crippen MR) is 232 cm³/mol. The number of Topliss-reactive ketones (excluding diaryl/α,β-unsaturated/α-hetero) is 2. The van der Waals surface area contributed by atoms with E-state index in [9.17, 15) is 34.8 Å². The number of aliphatic hydroxyl groups excluding tert-OH is 4. The highest BCUT2D eigenvalue weighted by atomic mass is 16.7. The summed E-state index contributed by atoms with van der Waals surface area (Å²) in [6, 6.07) is -1.05. The summed E-state index contributed by atoms with van der Waals surface area (Å²) in [4.78, 5) is 37.7. The highest BCUT2D eigenvalue weighted by Gasteiger charge is 2.45. The summed E-state index contributed by atoms with van der Waals surface area (Å²) in [6.07, 6.45) is 25.9. The lowest BCUT2D eigenvalue weighted by Gasteiger charge is -2.41. The average Bonchev–Trinajstić information content (AvgIpc) is 3.51. The van der Waals surface area contributed by atoms with Gasteiger partial charge in [0.15, 0.2) is 23.8 Å². The average molecular weight is 823 g/mol. The van der Waals surface area contributed by atoms with Gasteiger partial charge in [-0.15, -0.1) is 0 Å². The molecule has 0 aromatic heterocycles. The highest BCUT2D eigenvalue weighted by Crippen LogP contribution is 2.28. The Hall–Kier alpha value is -4.24. The van der Waals surface area contributed by atoms with E-state index in [-0.39, 0.29) is 42.2 Å². The molecule has 59 heavy (non-hydrogen) atoms. The number of carbonyl (C=O) groups is 3. The van der Waals surface area contributed by atoms with Gasteiger partial charge in [0, 0.05) is 37.9 Å². The van der Waals surface area contributed by atoms with Gasteiger partial charge in [-0.1, -0.05) is 106 Å². The van der Waals surface area contributed by atoms with Crippen molar-refractivity contribution in [2.75, 3.05) is 20.2 Å². The molecule has 2 rings (SSSR count). The van der Waals surface area contributed by atoms with Crippen molar-refractivity contribution in [2.24, 2.45) is 23.5 Å². The Morgan fingerprint density at radius 2 is 1.53 bits per heavy atom. The van der Waals surface area contributed by atoms with Gasteiger partial charge in [0.25, 0.3) is 0 Å². The van der Waals surface area contributed by atoms with E-state index in [0.717, 1.165) is 50.6 Å². The molecule has 0 aromatic carbocycles. The molecule has 1 saturated carbocycles. The van der Waals surface area contributed by atoms with E-state index in [0.29, 0.717) is 11.5 Å². The van der Waals surface area contributed by atoms with E-state index in [4.69, 9.17) is 20.6 Å². The standard InChI is InChI=1S/C46H70N4O9/c1-31(21-15-12-13-20-28-50(6)46(47)48)22-16-14-17-23-32(2)29-35(5)43(59-45-42(56)41(55)40(54)38(30-51)58-45)33(3)24-18-10-8-7-9-11-19-25-34(4)44(57)49-39-36(52)26-27-37(39)53/h7-12,15-16,18-19,22,24-25,29,31-33,38-43,45,51,54-56H,13-14,17,20-21,23,26-28,30H2,1-6H3,(H3,47,48)(H,49,57)/b9-7+,10-8+,15-12?,19-11?,22-16?,24-18?,34-25?,35-29?. The van der Waals surface area contributed by atoms with Crippen molar-refractivity contribution in [2.45, 2.75) is 129 Å². The smallest absolute Gasteiger partial charge is 0.247 e. The Bertz CT molecular complexity index is 1580. The monoisotopic (exact) mass is 823 g/mol. The van der Waals surface area contributed by atoms with Gasteiger partial charge >= 0.3 is 0 Å². The quantitative estimate of drug-likeness (QED) is 0.0132. The molecule has 1 aliphatic heterocycles. The van der Waals surface area contributed by atoms with Gasteiger partial charge in [-0.25, -0.2) is 0 Å². The van der Waals surface area contributed by atoms with Crippen molar-refractivity contribution >= 4 is 23.4 Å². The SMILES string of the molecule is CC(=CC=C/C=C/C=C/C=CC(C)C(OC1OC(CO)C(O)C(O)C1O)C(C)=CC(C)CCCC=CC(C)CC=CCCCN(C)C(=N)N)C(=O)NC1C(=O)CCC1=O. The summed E-state index contributed by atoms with van der Waals surface area (Å²) < 4.78 is 12.0. The first-order valence-electron chi connectivity index (χ1n) is 20.8. The molecule has 1 saturated heterocycles. The molecule has 13 heteroatoms. The molecule has 0 spiro atoms. The van der Waals surface area contributed by atoms with Gasteiger partial charge in [-0.05, 0) is 69.8 Å². The minimum absolute atomic E-state index is 0.0901. The summed E-state index contributed by atoms with van der Waals surface area (Å²) in [5.41, 5.74) is 6.77. The summed E-state index contributed by atoms with van der Waals surface area (Å²) in [5, 5.41) is 51.1. The zero-order valence-corrected chi connectivity index (χ0v) is 35.8. The summed E-state index contributed by atoms with van der Waals surface area (Å²) in [6.45, 7) is 10.1. The molecule has 2 aliphatic rings. The number of ether oxygens (including phenoxy) is 2. The first kappa shape index (κ1) is 50.9. The minimum Gasteiger partial charge on any atom is -0.394 e. The zero-order valence-electron chi connectivity index (χ0n) is 35.8. The summed E-state index contributed by atoms with van der Waals surface area (Å²) in [5.74, 6) is -0.423. The third-order valence-corrected chi connectivity index (χ3v) is 10.4. The number of guanidine groups is 1. The van der Waals surface area contributed by atoms with Crippen LogP contribution in [0.15, 0.2) is 96.2 Å². The van der Waals surface area contributed by atoms with E-state index in [1.54, 1.807) is 36.1 Å². The second-order valence-electron chi connectivity index (χ2n) is 15.7. The molecule has 9 unspecified atom stereocenters. The van der Waals surface area contributed by atoms with Gasteiger partial charge in [0.1, 0.15) is 30.5 Å². The number of nitrogens with zero attached hydrogens (tertiary/aromatic N) is 1. The lowest BCUT2D eigenvalue weighted by Crippen LogP contribution is -2.60. The molecule has 13 nitrogen and oxygen atoms in total. The maximum Gasteiger partial charge on any atom is 0.247 e. The number of nitrogens with two attached hydrogens (primary N) is 1. The fraction of sp³-hybridized carbons (Fsp3) is 0.565. The molecule has 1 heterocycles. The number of amides is 1. The maximum atomic E-state index is 12.3. The molecule has 328 valence electrons.